The van der Waals surface area contributed by atoms with Gasteiger partial charge in [0, 0.05) is 45.5 Å². The summed E-state index contributed by atoms with van der Waals surface area (Å²) in [5.41, 5.74) is 18.3. The van der Waals surface area contributed by atoms with Gasteiger partial charge in [0.05, 0.1) is 5.69 Å². The Morgan fingerprint density at radius 3 is 0.885 bits per heavy atom. The van der Waals surface area contributed by atoms with Gasteiger partial charge in [-0.15, -0.1) is 0 Å². The lowest BCUT2D eigenvalue weighted by molar-refractivity contribution is 1.23. The van der Waals surface area contributed by atoms with E-state index in [4.69, 9.17) is 0 Å². The van der Waals surface area contributed by atoms with Crippen LogP contribution >= 0.6 is 0 Å². The summed E-state index contributed by atoms with van der Waals surface area (Å²) in [5, 5.41) is 10.7. The zero-order valence-corrected chi connectivity index (χ0v) is 55.0. The van der Waals surface area contributed by atoms with Gasteiger partial charge in [0.2, 0.25) is 0 Å². The van der Waals surface area contributed by atoms with Gasteiger partial charge in [0.25, 0.3) is 6.71 Å². The van der Waals surface area contributed by atoms with Gasteiger partial charge in [-0.3, -0.25) is 0 Å². The Balaban J connectivity index is 0.984. The van der Waals surface area contributed by atoms with Gasteiger partial charge in [-0.1, -0.05) is 328 Å². The number of benzene rings is 15. The molecule has 96 heavy (non-hydrogen) atoms. The molecule has 452 valence electrons. The molecule has 0 N–H and O–H groups in total. The molecule has 0 aromatic heterocycles. The first-order valence-corrected chi connectivity index (χ1v) is 37.3. The van der Waals surface area contributed by atoms with E-state index in [1.165, 1.54) is 80.1 Å². The minimum Gasteiger partial charge on any atom is -0.311 e. The van der Waals surface area contributed by atoms with Crippen LogP contribution in [0.2, 0.25) is 0 Å². The quantitative estimate of drug-likeness (QED) is 0.0748. The molecule has 0 radical (unpaired) electrons. The number of anilines is 9. The van der Waals surface area contributed by atoms with Gasteiger partial charge in [0.1, 0.15) is 0 Å². The number of fused-ring (bicyclic) bond motifs is 4. The first kappa shape index (κ1) is 58.1. The molecule has 0 amide bonds. The molecule has 0 saturated carbocycles. The van der Waals surface area contributed by atoms with Crippen LogP contribution in [0.5, 0.6) is 0 Å². The smallest absolute Gasteiger partial charge is 0.252 e. The fraction of sp³-hybridized carbons (Fsp3) is 0. The molecule has 15 aromatic rings. The number of hydrogen-bond donors (Lipinski definition) is 0. The molecule has 0 saturated heterocycles. The zero-order chi connectivity index (χ0) is 63.8. The molecular weight excluding hydrogens is 1190 g/mol. The lowest BCUT2D eigenvalue weighted by atomic mass is 9.33. The van der Waals surface area contributed by atoms with Crippen LogP contribution in [0.1, 0.15) is 0 Å². The molecule has 2 aliphatic heterocycles. The average molecular weight is 1260 g/mol. The number of para-hydroxylation sites is 2. The van der Waals surface area contributed by atoms with Crippen molar-refractivity contribution in [2.45, 2.75) is 0 Å². The van der Waals surface area contributed by atoms with Gasteiger partial charge in [0.15, 0.2) is 16.1 Å². The standard InChI is InChI=1S/C90H66BN3Si2/c1-11-31-67(32-12-1)69-51-54-73(55-52-69)93-87-62-60-83(96(79-45-25-8-26-46-79,80-47-27-9-28-48-80)81-49-29-10-30-50-81)66-85(87)91-84-63-70(68-33-13-2-14-34-68)53-61-86(84)94(89-65-75(64-88(93)90(89)91)92(71-35-15-3-16-36-71)72-37-17-4-18-38-72)74-56-58-82(59-57-74)95(76-39-19-5-20-40-76,77-41-21-6-22-42-77)78-43-23-7-24-44-78/h1-66H. The van der Waals surface area contributed by atoms with Crippen molar-refractivity contribution < 1.29 is 0 Å². The Labute approximate surface area is 565 Å². The normalized spacial score (nSPS) is 12.3. The Kier molecular flexibility index (Phi) is 15.1. The Hall–Kier alpha value is -11.8. The fourth-order valence-electron chi connectivity index (χ4n) is 15.7. The lowest BCUT2D eigenvalue weighted by Gasteiger charge is -2.46. The summed E-state index contributed by atoms with van der Waals surface area (Å²) in [4.78, 5) is 7.63. The van der Waals surface area contributed by atoms with Gasteiger partial charge >= 0.3 is 0 Å². The molecule has 17 rings (SSSR count). The van der Waals surface area contributed by atoms with E-state index in [1.54, 1.807) is 0 Å². The van der Waals surface area contributed by atoms with Crippen LogP contribution < -0.4 is 72.6 Å². The second-order valence-electron chi connectivity index (χ2n) is 25.1. The summed E-state index contributed by atoms with van der Waals surface area (Å²) in [5.74, 6) is 0. The van der Waals surface area contributed by atoms with Crippen LogP contribution in [-0.2, 0) is 0 Å². The molecule has 0 unspecified atom stereocenters. The van der Waals surface area contributed by atoms with Gasteiger partial charge in [-0.2, -0.15) is 0 Å². The van der Waals surface area contributed by atoms with Crippen molar-refractivity contribution in [2.75, 3.05) is 14.7 Å². The van der Waals surface area contributed by atoms with E-state index in [2.05, 4.69) is 415 Å². The summed E-state index contributed by atoms with van der Waals surface area (Å²) in [6.45, 7) is -0.224. The Bertz CT molecular complexity index is 4960. The van der Waals surface area contributed by atoms with Gasteiger partial charge in [-0.25, -0.2) is 0 Å². The summed E-state index contributed by atoms with van der Waals surface area (Å²) in [6.07, 6.45) is 0. The summed E-state index contributed by atoms with van der Waals surface area (Å²) >= 11 is 0. The number of hydrogen-bond acceptors (Lipinski definition) is 3. The minimum atomic E-state index is -3.08. The van der Waals surface area contributed by atoms with Crippen molar-refractivity contribution in [3.63, 3.8) is 0 Å². The average Bonchev–Trinajstić information content (AvgIpc) is 0.687. The van der Waals surface area contributed by atoms with Gasteiger partial charge < -0.3 is 14.7 Å². The first-order chi connectivity index (χ1) is 47.6. The summed E-state index contributed by atoms with van der Waals surface area (Å²) in [6, 6.07) is 150. The molecule has 0 spiro atoms. The minimum absolute atomic E-state index is 0.224. The topological polar surface area (TPSA) is 9.72 Å². The molecule has 15 aromatic carbocycles. The maximum Gasteiger partial charge on any atom is 0.252 e. The second-order valence-corrected chi connectivity index (χ2v) is 32.7. The third kappa shape index (κ3) is 9.88. The van der Waals surface area contributed by atoms with E-state index in [0.29, 0.717) is 0 Å². The fourth-order valence-corrected chi connectivity index (χ4v) is 25.3. The van der Waals surface area contributed by atoms with Crippen molar-refractivity contribution in [3.8, 4) is 22.3 Å². The van der Waals surface area contributed by atoms with Crippen LogP contribution in [0.3, 0.4) is 0 Å². The van der Waals surface area contributed by atoms with Crippen LogP contribution in [0.4, 0.5) is 51.2 Å². The van der Waals surface area contributed by atoms with E-state index >= 15 is 0 Å². The Morgan fingerprint density at radius 1 is 0.208 bits per heavy atom. The van der Waals surface area contributed by atoms with Crippen molar-refractivity contribution >= 4 is 132 Å². The lowest BCUT2D eigenvalue weighted by Crippen LogP contribution is -2.75. The summed E-state index contributed by atoms with van der Waals surface area (Å²) in [7, 11) is -5.99. The van der Waals surface area contributed by atoms with E-state index in [0.717, 1.165) is 51.2 Å². The number of nitrogens with zero attached hydrogens (tertiary/aromatic N) is 3. The molecule has 6 heteroatoms. The van der Waals surface area contributed by atoms with Crippen LogP contribution in [0, 0.1) is 0 Å². The molecule has 2 aliphatic rings. The van der Waals surface area contributed by atoms with Crippen molar-refractivity contribution in [2.24, 2.45) is 0 Å². The molecule has 0 bridgehead atoms. The van der Waals surface area contributed by atoms with Gasteiger partial charge in [-0.05, 0) is 153 Å². The zero-order valence-electron chi connectivity index (χ0n) is 53.0. The molecule has 2 heterocycles. The second kappa shape index (κ2) is 24.9. The maximum atomic E-state index is 2.65. The van der Waals surface area contributed by atoms with Crippen molar-refractivity contribution in [1.29, 1.82) is 0 Å². The number of rotatable bonds is 15. The molecule has 0 atom stereocenters. The highest BCUT2D eigenvalue weighted by Crippen LogP contribution is 2.48. The highest BCUT2D eigenvalue weighted by atomic mass is 28.3. The predicted octanol–water partition coefficient (Wildman–Crippen LogP) is 15.3. The Morgan fingerprint density at radius 2 is 0.490 bits per heavy atom. The van der Waals surface area contributed by atoms with Crippen LogP contribution in [0.25, 0.3) is 22.3 Å². The molecule has 0 aliphatic carbocycles. The molecular formula is C90H66BN3Si2. The van der Waals surface area contributed by atoms with Crippen LogP contribution in [0.15, 0.2) is 400 Å². The monoisotopic (exact) mass is 1260 g/mol. The van der Waals surface area contributed by atoms with Crippen molar-refractivity contribution in [1.82, 2.24) is 0 Å². The van der Waals surface area contributed by atoms with Crippen LogP contribution in [-0.4, -0.2) is 22.9 Å². The highest BCUT2D eigenvalue weighted by molar-refractivity contribution is 7.20. The van der Waals surface area contributed by atoms with Crippen molar-refractivity contribution in [3.05, 3.63) is 400 Å². The van der Waals surface area contributed by atoms with E-state index in [-0.39, 0.29) is 6.71 Å². The SMILES string of the molecule is c1ccc(-c2ccc(N3c4ccc([Si](c5ccccc5)(c5ccccc5)c5ccccc5)cc4B4c5cc(-c6ccccc6)ccc5N(c5ccc([Si](c6ccccc6)(c6ccccc6)c6ccccc6)cc5)c5cc(N(c6ccccc6)c6ccccc6)cc3c54)cc2)cc1. The van der Waals surface area contributed by atoms with E-state index < -0.39 is 16.1 Å². The largest absolute Gasteiger partial charge is 0.311 e. The highest BCUT2D eigenvalue weighted by Gasteiger charge is 2.48. The third-order valence-electron chi connectivity index (χ3n) is 19.9. The first-order valence-electron chi connectivity index (χ1n) is 33.3. The summed E-state index contributed by atoms with van der Waals surface area (Å²) < 4.78 is 0. The third-order valence-corrected chi connectivity index (χ3v) is 29.5. The van der Waals surface area contributed by atoms with E-state index in [9.17, 15) is 0 Å². The molecule has 3 nitrogen and oxygen atoms in total. The van der Waals surface area contributed by atoms with E-state index in [1.807, 2.05) is 0 Å². The maximum absolute atomic E-state index is 3.08. The molecule has 0 fully saturated rings. The predicted molar refractivity (Wildman–Crippen MR) is 413 cm³/mol.